The summed E-state index contributed by atoms with van der Waals surface area (Å²) in [7, 11) is 0. The fourth-order valence-electron chi connectivity index (χ4n) is 0.879. The lowest BCUT2D eigenvalue weighted by molar-refractivity contribution is 0.587. The minimum atomic E-state index is 0.403. The highest BCUT2D eigenvalue weighted by atomic mass is 15.0. The first kappa shape index (κ1) is 5.06. The lowest BCUT2D eigenvalue weighted by Crippen LogP contribution is -2.32. The van der Waals surface area contributed by atoms with Gasteiger partial charge in [0.15, 0.2) is 0 Å². The molecule has 1 aliphatic rings. The topological polar surface area (TPSA) is 38.0 Å². The molecule has 1 rings (SSSR count). The van der Waals surface area contributed by atoms with Crippen molar-refractivity contribution in [1.29, 1.82) is 0 Å². The second-order valence-corrected chi connectivity index (χ2v) is 2.20. The minimum absolute atomic E-state index is 0.403. The van der Waals surface area contributed by atoms with Crippen LogP contribution in [0.1, 0.15) is 13.3 Å². The highest BCUT2D eigenvalue weighted by Gasteiger charge is 2.17. The monoisotopic (exact) mass is 100 g/mol. The summed E-state index contributed by atoms with van der Waals surface area (Å²) in [6, 6.07) is 0.944. The summed E-state index contributed by atoms with van der Waals surface area (Å²) in [5.74, 6) is 0. The van der Waals surface area contributed by atoms with Crippen molar-refractivity contribution in [2.75, 3.05) is 6.54 Å². The Morgan fingerprint density at radius 3 is 2.57 bits per heavy atom. The summed E-state index contributed by atoms with van der Waals surface area (Å²) in [4.78, 5) is 0. The lowest BCUT2D eigenvalue weighted by Gasteiger charge is -2.06. The maximum absolute atomic E-state index is 5.62. The molecule has 0 aromatic carbocycles. The molecule has 3 N–H and O–H groups in total. The van der Waals surface area contributed by atoms with E-state index >= 15 is 0 Å². The molecule has 1 heterocycles. The standard InChI is InChI=1S/C5H12N2/c1-4-5(6)2-3-7-4/h4-5,7H,2-3,6H2,1H3/t4-,5?/m0/s1. The van der Waals surface area contributed by atoms with E-state index in [1.165, 1.54) is 0 Å². The maximum atomic E-state index is 5.62. The molecule has 2 heteroatoms. The van der Waals surface area contributed by atoms with Crippen LogP contribution >= 0.6 is 0 Å². The first-order valence-corrected chi connectivity index (χ1v) is 2.79. The molecule has 1 saturated heterocycles. The Kier molecular flexibility index (Phi) is 1.30. The summed E-state index contributed by atoms with van der Waals surface area (Å²) < 4.78 is 0. The molecule has 1 fully saturated rings. The molecular weight excluding hydrogens is 88.1 g/mol. The van der Waals surface area contributed by atoms with Gasteiger partial charge in [0.05, 0.1) is 0 Å². The van der Waals surface area contributed by atoms with Crippen molar-refractivity contribution in [1.82, 2.24) is 5.32 Å². The van der Waals surface area contributed by atoms with Crippen LogP contribution in [-0.4, -0.2) is 18.6 Å². The number of nitrogens with one attached hydrogen (secondary N) is 1. The molecule has 0 spiro atoms. The van der Waals surface area contributed by atoms with E-state index in [0.717, 1.165) is 13.0 Å². The molecule has 0 bridgehead atoms. The fraction of sp³-hybridized carbons (Fsp3) is 1.00. The Bertz CT molecular complexity index is 55.1. The minimum Gasteiger partial charge on any atom is -0.326 e. The SMILES string of the molecule is C[C@@H]1NCCC1N. The predicted molar refractivity (Wildman–Crippen MR) is 30.1 cm³/mol. The first-order chi connectivity index (χ1) is 3.30. The number of rotatable bonds is 0. The van der Waals surface area contributed by atoms with Crippen molar-refractivity contribution in [3.63, 3.8) is 0 Å². The van der Waals surface area contributed by atoms with E-state index in [9.17, 15) is 0 Å². The zero-order valence-corrected chi connectivity index (χ0v) is 4.65. The van der Waals surface area contributed by atoms with Crippen LogP contribution in [0.25, 0.3) is 0 Å². The van der Waals surface area contributed by atoms with Crippen molar-refractivity contribution in [3.8, 4) is 0 Å². The number of hydrogen-bond acceptors (Lipinski definition) is 2. The molecule has 2 atom stereocenters. The van der Waals surface area contributed by atoms with Crippen LogP contribution in [0.4, 0.5) is 0 Å². The van der Waals surface area contributed by atoms with Crippen LogP contribution in [0.15, 0.2) is 0 Å². The van der Waals surface area contributed by atoms with Gasteiger partial charge in [-0.25, -0.2) is 0 Å². The molecule has 0 saturated carbocycles. The fourth-order valence-corrected chi connectivity index (χ4v) is 0.879. The van der Waals surface area contributed by atoms with Crippen LogP contribution < -0.4 is 11.1 Å². The van der Waals surface area contributed by atoms with Crippen LogP contribution in [0.3, 0.4) is 0 Å². The molecular formula is C5H12N2. The van der Waals surface area contributed by atoms with E-state index in [-0.39, 0.29) is 0 Å². The number of nitrogens with two attached hydrogens (primary N) is 1. The Labute approximate surface area is 44.1 Å². The lowest BCUT2D eigenvalue weighted by atomic mass is 10.2. The van der Waals surface area contributed by atoms with E-state index in [2.05, 4.69) is 12.2 Å². The summed E-state index contributed by atoms with van der Waals surface area (Å²) in [6.45, 7) is 3.22. The highest BCUT2D eigenvalue weighted by molar-refractivity contribution is 4.82. The van der Waals surface area contributed by atoms with E-state index in [1.807, 2.05) is 0 Å². The van der Waals surface area contributed by atoms with Gasteiger partial charge in [-0.05, 0) is 19.9 Å². The van der Waals surface area contributed by atoms with Crippen molar-refractivity contribution in [2.24, 2.45) is 5.73 Å². The van der Waals surface area contributed by atoms with Gasteiger partial charge in [-0.3, -0.25) is 0 Å². The van der Waals surface area contributed by atoms with Crippen LogP contribution in [0.5, 0.6) is 0 Å². The van der Waals surface area contributed by atoms with Gasteiger partial charge in [-0.15, -0.1) is 0 Å². The summed E-state index contributed by atoms with van der Waals surface area (Å²) >= 11 is 0. The van der Waals surface area contributed by atoms with Crippen molar-refractivity contribution in [3.05, 3.63) is 0 Å². The molecule has 42 valence electrons. The molecule has 0 aromatic rings. The summed E-state index contributed by atoms with van der Waals surface area (Å²) in [5, 5.41) is 3.24. The third-order valence-corrected chi connectivity index (χ3v) is 1.59. The van der Waals surface area contributed by atoms with Gasteiger partial charge >= 0.3 is 0 Å². The molecule has 0 amide bonds. The normalized spacial score (nSPS) is 42.0. The van der Waals surface area contributed by atoms with Gasteiger partial charge in [0, 0.05) is 12.1 Å². The van der Waals surface area contributed by atoms with E-state index in [1.54, 1.807) is 0 Å². The molecule has 1 unspecified atom stereocenters. The second kappa shape index (κ2) is 1.80. The molecule has 1 aliphatic heterocycles. The molecule has 7 heavy (non-hydrogen) atoms. The van der Waals surface area contributed by atoms with E-state index < -0.39 is 0 Å². The van der Waals surface area contributed by atoms with Gasteiger partial charge < -0.3 is 11.1 Å². The zero-order chi connectivity index (χ0) is 5.28. The van der Waals surface area contributed by atoms with E-state index in [0.29, 0.717) is 12.1 Å². The molecule has 0 radical (unpaired) electrons. The van der Waals surface area contributed by atoms with Crippen molar-refractivity contribution >= 4 is 0 Å². The average molecular weight is 100 g/mol. The van der Waals surface area contributed by atoms with E-state index in [4.69, 9.17) is 5.73 Å². The van der Waals surface area contributed by atoms with Gasteiger partial charge in [0.1, 0.15) is 0 Å². The third-order valence-electron chi connectivity index (χ3n) is 1.59. The smallest absolute Gasteiger partial charge is 0.0203 e. The van der Waals surface area contributed by atoms with Crippen LogP contribution in [0, 0.1) is 0 Å². The van der Waals surface area contributed by atoms with Gasteiger partial charge in [0.25, 0.3) is 0 Å². The van der Waals surface area contributed by atoms with Crippen molar-refractivity contribution < 1.29 is 0 Å². The predicted octanol–water partition coefficient (Wildman–Crippen LogP) is -0.305. The zero-order valence-electron chi connectivity index (χ0n) is 4.65. The largest absolute Gasteiger partial charge is 0.326 e. The molecule has 2 nitrogen and oxygen atoms in total. The molecule has 0 aliphatic carbocycles. The van der Waals surface area contributed by atoms with Gasteiger partial charge in [0.2, 0.25) is 0 Å². The van der Waals surface area contributed by atoms with Crippen LogP contribution in [-0.2, 0) is 0 Å². The summed E-state index contributed by atoms with van der Waals surface area (Å²) in [6.07, 6.45) is 1.14. The first-order valence-electron chi connectivity index (χ1n) is 2.79. The second-order valence-electron chi connectivity index (χ2n) is 2.20. The Morgan fingerprint density at radius 2 is 2.43 bits per heavy atom. The van der Waals surface area contributed by atoms with Gasteiger partial charge in [-0.1, -0.05) is 0 Å². The number of hydrogen-bond donors (Lipinski definition) is 2. The van der Waals surface area contributed by atoms with Gasteiger partial charge in [-0.2, -0.15) is 0 Å². The Morgan fingerprint density at radius 1 is 1.71 bits per heavy atom. The van der Waals surface area contributed by atoms with Crippen LogP contribution in [0.2, 0.25) is 0 Å². The Balaban J connectivity index is 2.33. The molecule has 0 aromatic heterocycles. The maximum Gasteiger partial charge on any atom is 0.0203 e. The third kappa shape index (κ3) is 0.924. The van der Waals surface area contributed by atoms with Crippen molar-refractivity contribution in [2.45, 2.75) is 25.4 Å². The quantitative estimate of drug-likeness (QED) is 0.438. The highest BCUT2D eigenvalue weighted by Crippen LogP contribution is 2.00. The Hall–Kier alpha value is -0.0800. The average Bonchev–Trinajstić information content (AvgIpc) is 1.91. The summed E-state index contributed by atoms with van der Waals surface area (Å²) in [5.41, 5.74) is 5.62.